The van der Waals surface area contributed by atoms with Gasteiger partial charge in [0, 0.05) is 6.26 Å². The van der Waals surface area contributed by atoms with Gasteiger partial charge in [-0.1, -0.05) is 19.9 Å². The Balaban J connectivity index is 3.56. The van der Waals surface area contributed by atoms with Gasteiger partial charge in [-0.05, 0) is 17.5 Å². The highest BCUT2D eigenvalue weighted by molar-refractivity contribution is 7.90. The van der Waals surface area contributed by atoms with Crippen molar-refractivity contribution in [3.63, 3.8) is 0 Å². The molecule has 0 heterocycles. The first-order valence-corrected chi connectivity index (χ1v) is 7.11. The zero-order valence-corrected chi connectivity index (χ0v) is 11.2. The molecule has 0 aromatic heterocycles. The minimum absolute atomic E-state index is 0.0494. The predicted octanol–water partition coefficient (Wildman–Crippen LogP) is 3.25. The Morgan fingerprint density at radius 1 is 1.21 bits per heavy atom. The molecule has 0 fully saturated rings. The van der Waals surface area contributed by atoms with Crippen molar-refractivity contribution in [3.8, 4) is 5.75 Å². The third kappa shape index (κ3) is 3.82. The van der Waals surface area contributed by atoms with E-state index in [0.29, 0.717) is 6.26 Å². The molecule has 0 aliphatic rings. The maximum Gasteiger partial charge on any atom is 0.573 e. The number of halogens is 4. The minimum atomic E-state index is -5.17. The van der Waals surface area contributed by atoms with Crippen LogP contribution in [0.4, 0.5) is 17.6 Å². The van der Waals surface area contributed by atoms with Crippen molar-refractivity contribution in [2.24, 2.45) is 0 Å². The lowest BCUT2D eigenvalue weighted by Crippen LogP contribution is -2.20. The number of hydrogen-bond donors (Lipinski definition) is 0. The Morgan fingerprint density at radius 3 is 2.11 bits per heavy atom. The van der Waals surface area contributed by atoms with Gasteiger partial charge in [-0.3, -0.25) is 0 Å². The molecule has 0 atom stereocenters. The summed E-state index contributed by atoms with van der Waals surface area (Å²) in [5.74, 6) is -3.03. The van der Waals surface area contributed by atoms with Crippen molar-refractivity contribution < 1.29 is 30.7 Å². The van der Waals surface area contributed by atoms with E-state index in [1.807, 2.05) is 0 Å². The molecule has 0 spiro atoms. The number of alkyl halides is 3. The fraction of sp³-hybridized carbons (Fsp3) is 0.455. The van der Waals surface area contributed by atoms with E-state index in [4.69, 9.17) is 0 Å². The first-order valence-electron chi connectivity index (χ1n) is 5.21. The van der Waals surface area contributed by atoms with Crippen LogP contribution >= 0.6 is 0 Å². The van der Waals surface area contributed by atoms with Crippen LogP contribution < -0.4 is 4.74 Å². The van der Waals surface area contributed by atoms with Gasteiger partial charge in [-0.2, -0.15) is 0 Å². The summed E-state index contributed by atoms with van der Waals surface area (Å²) >= 11 is 0. The van der Waals surface area contributed by atoms with Crippen LogP contribution in [0.25, 0.3) is 0 Å². The smallest absolute Gasteiger partial charge is 0.401 e. The molecule has 1 rings (SSSR count). The predicted molar refractivity (Wildman–Crippen MR) is 60.3 cm³/mol. The number of benzene rings is 1. The first kappa shape index (κ1) is 15.7. The van der Waals surface area contributed by atoms with E-state index in [2.05, 4.69) is 4.74 Å². The summed E-state index contributed by atoms with van der Waals surface area (Å²) in [7, 11) is -4.04. The van der Waals surface area contributed by atoms with Crippen molar-refractivity contribution in [3.05, 3.63) is 23.5 Å². The van der Waals surface area contributed by atoms with Gasteiger partial charge in [0.05, 0.1) is 0 Å². The van der Waals surface area contributed by atoms with E-state index < -0.39 is 38.6 Å². The van der Waals surface area contributed by atoms with E-state index in [9.17, 15) is 26.0 Å². The molecule has 0 radical (unpaired) electrons. The van der Waals surface area contributed by atoms with Crippen molar-refractivity contribution in [1.29, 1.82) is 0 Å². The maximum absolute atomic E-state index is 14.0. The Bertz CT molecular complexity index is 576. The molecule has 3 nitrogen and oxygen atoms in total. The monoisotopic (exact) mass is 300 g/mol. The molecule has 0 N–H and O–H groups in total. The summed E-state index contributed by atoms with van der Waals surface area (Å²) < 4.78 is 76.9. The second kappa shape index (κ2) is 4.99. The molecule has 0 aliphatic heterocycles. The molecule has 19 heavy (non-hydrogen) atoms. The zero-order chi connectivity index (χ0) is 15.0. The van der Waals surface area contributed by atoms with Crippen LogP contribution in [0, 0.1) is 5.82 Å². The lowest BCUT2D eigenvalue weighted by molar-refractivity contribution is -0.276. The highest BCUT2D eigenvalue weighted by Crippen LogP contribution is 2.36. The molecule has 0 amide bonds. The van der Waals surface area contributed by atoms with E-state index >= 15 is 0 Å². The summed E-state index contributed by atoms with van der Waals surface area (Å²) in [5.41, 5.74) is -0.0494. The molecule has 108 valence electrons. The number of rotatable bonds is 3. The van der Waals surface area contributed by atoms with Crippen LogP contribution in [0.15, 0.2) is 17.0 Å². The van der Waals surface area contributed by atoms with Gasteiger partial charge >= 0.3 is 6.36 Å². The number of ether oxygens (including phenoxy) is 1. The van der Waals surface area contributed by atoms with Gasteiger partial charge in [0.15, 0.2) is 21.4 Å². The van der Waals surface area contributed by atoms with Gasteiger partial charge < -0.3 is 4.74 Å². The van der Waals surface area contributed by atoms with Crippen LogP contribution in [0.2, 0.25) is 0 Å². The summed E-state index contributed by atoms with van der Waals surface area (Å²) in [4.78, 5) is -0.827. The van der Waals surface area contributed by atoms with Gasteiger partial charge in [-0.25, -0.2) is 12.8 Å². The van der Waals surface area contributed by atoms with Crippen LogP contribution in [0.5, 0.6) is 5.75 Å². The third-order valence-corrected chi connectivity index (χ3v) is 3.45. The lowest BCUT2D eigenvalue weighted by atomic mass is 10.0. The molecule has 1 aromatic carbocycles. The standard InChI is InChI=1S/C11H12F4O3S/c1-6(2)7-4-5-8(19(3,16)17)10(9(7)12)18-11(13,14)15/h4-6H,1-3H3. The Labute approximate surface area is 108 Å². The Morgan fingerprint density at radius 2 is 1.74 bits per heavy atom. The topological polar surface area (TPSA) is 43.4 Å². The maximum atomic E-state index is 14.0. The minimum Gasteiger partial charge on any atom is -0.401 e. The number of sulfone groups is 1. The average Bonchev–Trinajstić information content (AvgIpc) is 2.16. The summed E-state index contributed by atoms with van der Waals surface area (Å²) in [5, 5.41) is 0. The third-order valence-electron chi connectivity index (χ3n) is 2.33. The molecular weight excluding hydrogens is 288 g/mol. The molecule has 0 aliphatic carbocycles. The van der Waals surface area contributed by atoms with E-state index in [1.165, 1.54) is 0 Å². The first-order chi connectivity index (χ1) is 8.43. The second-order valence-electron chi connectivity index (χ2n) is 4.27. The second-order valence-corrected chi connectivity index (χ2v) is 6.25. The van der Waals surface area contributed by atoms with Crippen molar-refractivity contribution in [2.75, 3.05) is 6.26 Å². The van der Waals surface area contributed by atoms with Crippen LogP contribution in [-0.4, -0.2) is 21.0 Å². The lowest BCUT2D eigenvalue weighted by Gasteiger charge is -2.16. The fourth-order valence-electron chi connectivity index (χ4n) is 1.50. The van der Waals surface area contributed by atoms with E-state index in [-0.39, 0.29) is 5.56 Å². The van der Waals surface area contributed by atoms with Gasteiger partial charge in [-0.15, -0.1) is 13.2 Å². The van der Waals surface area contributed by atoms with Crippen LogP contribution in [0.1, 0.15) is 25.3 Å². The quantitative estimate of drug-likeness (QED) is 0.805. The highest BCUT2D eigenvalue weighted by atomic mass is 32.2. The van der Waals surface area contributed by atoms with Crippen molar-refractivity contribution in [2.45, 2.75) is 31.0 Å². The molecule has 0 unspecified atom stereocenters. The molecule has 0 bridgehead atoms. The van der Waals surface area contributed by atoms with Gasteiger partial charge in [0.1, 0.15) is 4.90 Å². The number of hydrogen-bond acceptors (Lipinski definition) is 3. The normalized spacial score (nSPS) is 12.8. The van der Waals surface area contributed by atoms with Crippen LogP contribution in [0.3, 0.4) is 0 Å². The van der Waals surface area contributed by atoms with Gasteiger partial charge in [0.2, 0.25) is 0 Å². The summed E-state index contributed by atoms with van der Waals surface area (Å²) in [6, 6.07) is 2.05. The summed E-state index contributed by atoms with van der Waals surface area (Å²) in [6.45, 7) is 3.13. The molecule has 0 saturated carbocycles. The zero-order valence-electron chi connectivity index (χ0n) is 10.4. The average molecular weight is 300 g/mol. The molecule has 1 aromatic rings. The summed E-state index contributed by atoms with van der Waals surface area (Å²) in [6.07, 6.45) is -4.49. The van der Waals surface area contributed by atoms with Gasteiger partial charge in [0.25, 0.3) is 0 Å². The van der Waals surface area contributed by atoms with E-state index in [0.717, 1.165) is 12.1 Å². The molecular formula is C11H12F4O3S. The van der Waals surface area contributed by atoms with Crippen molar-refractivity contribution >= 4 is 9.84 Å². The largest absolute Gasteiger partial charge is 0.573 e. The Kier molecular flexibility index (Phi) is 4.14. The molecule has 8 heteroatoms. The highest BCUT2D eigenvalue weighted by Gasteiger charge is 2.36. The molecule has 0 saturated heterocycles. The fourth-order valence-corrected chi connectivity index (χ4v) is 2.29. The van der Waals surface area contributed by atoms with E-state index in [1.54, 1.807) is 13.8 Å². The SMILES string of the molecule is CC(C)c1ccc(S(C)(=O)=O)c(OC(F)(F)F)c1F. The Hall–Kier alpha value is -1.31. The van der Waals surface area contributed by atoms with Crippen LogP contribution in [-0.2, 0) is 9.84 Å². The van der Waals surface area contributed by atoms with Crippen molar-refractivity contribution in [1.82, 2.24) is 0 Å².